The highest BCUT2D eigenvalue weighted by Gasteiger charge is 2.26. The van der Waals surface area contributed by atoms with Crippen molar-refractivity contribution in [2.45, 2.75) is 32.9 Å². The number of para-hydroxylation sites is 1. The van der Waals surface area contributed by atoms with E-state index in [4.69, 9.17) is 15.2 Å². The first-order chi connectivity index (χ1) is 13.7. The summed E-state index contributed by atoms with van der Waals surface area (Å²) >= 11 is 0. The number of hydrogen-bond acceptors (Lipinski definition) is 5. The van der Waals surface area contributed by atoms with Crippen molar-refractivity contribution in [3.63, 3.8) is 0 Å². The molecule has 1 aromatic rings. The molecule has 1 saturated heterocycles. The number of guanidine groups is 1. The van der Waals surface area contributed by atoms with E-state index in [0.717, 1.165) is 17.9 Å². The third kappa shape index (κ3) is 8.95. The monoisotopic (exact) mass is 533 g/mol. The predicted molar refractivity (Wildman–Crippen MR) is 131 cm³/mol. The molecule has 8 nitrogen and oxygen atoms in total. The van der Waals surface area contributed by atoms with Gasteiger partial charge >= 0.3 is 6.09 Å². The highest BCUT2D eigenvalue weighted by Crippen LogP contribution is 2.19. The van der Waals surface area contributed by atoms with E-state index in [9.17, 15) is 4.79 Å². The van der Waals surface area contributed by atoms with Gasteiger partial charge in [-0.25, -0.2) is 9.79 Å². The number of halogens is 1. The third-order valence-electron chi connectivity index (χ3n) is 4.44. The quantitative estimate of drug-likeness (QED) is 0.344. The maximum absolute atomic E-state index is 12.2. The summed E-state index contributed by atoms with van der Waals surface area (Å²) in [6.45, 7) is 9.93. The average Bonchev–Trinajstić information content (AvgIpc) is 2.65. The highest BCUT2D eigenvalue weighted by molar-refractivity contribution is 14.0. The van der Waals surface area contributed by atoms with E-state index in [-0.39, 0.29) is 30.1 Å². The van der Waals surface area contributed by atoms with Gasteiger partial charge < -0.3 is 29.9 Å². The van der Waals surface area contributed by atoms with Crippen molar-refractivity contribution in [2.75, 3.05) is 53.4 Å². The van der Waals surface area contributed by atoms with E-state index >= 15 is 0 Å². The van der Waals surface area contributed by atoms with Crippen molar-refractivity contribution < 1.29 is 14.3 Å². The second kappa shape index (κ2) is 12.2. The van der Waals surface area contributed by atoms with Gasteiger partial charge in [0, 0.05) is 38.3 Å². The molecule has 2 N–H and O–H groups in total. The maximum Gasteiger partial charge on any atom is 0.410 e. The molecule has 0 bridgehead atoms. The standard InChI is InChI=1S/C21H35N5O3.HI/c1-21(2,3)29-20(27)26-12-10-25(11-13-26)19(22)23-16-17-8-6-7-9-18(17)28-15-14-24(4)5;/h6-9H,10-16H2,1-5H3,(H2,22,23);1H. The molecule has 2 rings (SSSR count). The van der Waals surface area contributed by atoms with Crippen molar-refractivity contribution in [2.24, 2.45) is 10.7 Å². The number of benzene rings is 1. The Bertz CT molecular complexity index is 698. The molecule has 1 aromatic carbocycles. The summed E-state index contributed by atoms with van der Waals surface area (Å²) in [4.78, 5) is 22.5. The maximum atomic E-state index is 12.2. The number of nitrogens with two attached hydrogens (primary N) is 1. The summed E-state index contributed by atoms with van der Waals surface area (Å²) in [7, 11) is 4.03. The van der Waals surface area contributed by atoms with Crippen LogP contribution in [0.1, 0.15) is 26.3 Å². The summed E-state index contributed by atoms with van der Waals surface area (Å²) in [5, 5.41) is 0. The molecule has 170 valence electrons. The van der Waals surface area contributed by atoms with Gasteiger partial charge in [0.15, 0.2) is 5.96 Å². The van der Waals surface area contributed by atoms with Crippen LogP contribution in [0.15, 0.2) is 29.3 Å². The third-order valence-corrected chi connectivity index (χ3v) is 4.44. The predicted octanol–water partition coefficient (Wildman–Crippen LogP) is 2.61. The Balaban J connectivity index is 0.00000450. The normalized spacial score (nSPS) is 15.1. The number of ether oxygens (including phenoxy) is 2. The second-order valence-electron chi connectivity index (χ2n) is 8.39. The van der Waals surface area contributed by atoms with Crippen LogP contribution in [0.25, 0.3) is 0 Å². The van der Waals surface area contributed by atoms with E-state index in [2.05, 4.69) is 9.89 Å². The molecule has 0 unspecified atom stereocenters. The summed E-state index contributed by atoms with van der Waals surface area (Å²) in [6, 6.07) is 7.88. The summed E-state index contributed by atoms with van der Waals surface area (Å²) < 4.78 is 11.3. The minimum absolute atomic E-state index is 0. The van der Waals surface area contributed by atoms with Crippen LogP contribution in [0.4, 0.5) is 4.79 Å². The van der Waals surface area contributed by atoms with Gasteiger partial charge in [0.05, 0.1) is 6.54 Å². The van der Waals surface area contributed by atoms with Gasteiger partial charge in [-0.05, 0) is 40.9 Å². The molecule has 0 aromatic heterocycles. The van der Waals surface area contributed by atoms with Gasteiger partial charge in [0.25, 0.3) is 0 Å². The molecule has 30 heavy (non-hydrogen) atoms. The minimum Gasteiger partial charge on any atom is -0.492 e. The van der Waals surface area contributed by atoms with Gasteiger partial charge in [-0.3, -0.25) is 0 Å². The van der Waals surface area contributed by atoms with E-state index in [1.807, 2.05) is 64.0 Å². The number of likely N-dealkylation sites (N-methyl/N-ethyl adjacent to an activating group) is 1. The Labute approximate surface area is 197 Å². The Morgan fingerprint density at radius 2 is 1.73 bits per heavy atom. The Kier molecular flexibility index (Phi) is 10.7. The molecule has 0 aliphatic carbocycles. The smallest absolute Gasteiger partial charge is 0.410 e. The van der Waals surface area contributed by atoms with Gasteiger partial charge in [-0.2, -0.15) is 0 Å². The first kappa shape index (κ1) is 26.3. The number of nitrogens with zero attached hydrogens (tertiary/aromatic N) is 4. The highest BCUT2D eigenvalue weighted by atomic mass is 127. The number of carbonyl (C=O) groups excluding carboxylic acids is 1. The molecule has 1 fully saturated rings. The van der Waals surface area contributed by atoms with Crippen LogP contribution >= 0.6 is 24.0 Å². The number of rotatable bonds is 6. The fraction of sp³-hybridized carbons (Fsp3) is 0.619. The number of piperazine rings is 1. The molecule has 0 saturated carbocycles. The lowest BCUT2D eigenvalue weighted by molar-refractivity contribution is 0.0186. The lowest BCUT2D eigenvalue weighted by atomic mass is 10.2. The molecule has 1 aliphatic rings. The molecule has 1 amide bonds. The van der Waals surface area contributed by atoms with Crippen LogP contribution in [0.2, 0.25) is 0 Å². The fourth-order valence-electron chi connectivity index (χ4n) is 2.82. The molecular formula is C21H36IN5O3. The van der Waals surface area contributed by atoms with Crippen LogP contribution in [0.5, 0.6) is 5.75 Å². The second-order valence-corrected chi connectivity index (χ2v) is 8.39. The van der Waals surface area contributed by atoms with Crippen molar-refractivity contribution in [1.82, 2.24) is 14.7 Å². The first-order valence-corrected chi connectivity index (χ1v) is 10.0. The van der Waals surface area contributed by atoms with Crippen LogP contribution < -0.4 is 10.5 Å². The lowest BCUT2D eigenvalue weighted by Crippen LogP contribution is -2.53. The van der Waals surface area contributed by atoms with Gasteiger partial charge in [-0.1, -0.05) is 18.2 Å². The zero-order chi connectivity index (χ0) is 21.4. The van der Waals surface area contributed by atoms with Crippen molar-refractivity contribution in [1.29, 1.82) is 0 Å². The van der Waals surface area contributed by atoms with E-state index < -0.39 is 5.60 Å². The molecular weight excluding hydrogens is 497 g/mol. The Hall–Kier alpha value is -1.75. The number of aliphatic imine (C=N–C) groups is 1. The van der Waals surface area contributed by atoms with E-state index in [1.54, 1.807) is 4.90 Å². The molecule has 1 heterocycles. The average molecular weight is 533 g/mol. The van der Waals surface area contributed by atoms with Crippen molar-refractivity contribution >= 4 is 36.0 Å². The largest absolute Gasteiger partial charge is 0.492 e. The van der Waals surface area contributed by atoms with Gasteiger partial charge in [-0.15, -0.1) is 24.0 Å². The topological polar surface area (TPSA) is 83.6 Å². The molecule has 1 aliphatic heterocycles. The Morgan fingerprint density at radius 1 is 1.13 bits per heavy atom. The molecule has 0 spiro atoms. The van der Waals surface area contributed by atoms with Crippen LogP contribution in [0.3, 0.4) is 0 Å². The zero-order valence-corrected chi connectivity index (χ0v) is 21.1. The number of hydrogen-bond donors (Lipinski definition) is 1. The van der Waals surface area contributed by atoms with E-state index in [1.165, 1.54) is 0 Å². The van der Waals surface area contributed by atoms with Crippen LogP contribution in [-0.2, 0) is 11.3 Å². The number of amides is 1. The fourth-order valence-corrected chi connectivity index (χ4v) is 2.82. The van der Waals surface area contributed by atoms with Crippen LogP contribution in [-0.4, -0.2) is 85.8 Å². The Morgan fingerprint density at radius 3 is 2.33 bits per heavy atom. The van der Waals surface area contributed by atoms with Crippen molar-refractivity contribution in [3.05, 3.63) is 29.8 Å². The zero-order valence-electron chi connectivity index (χ0n) is 18.8. The SMILES string of the molecule is CN(C)CCOc1ccccc1CN=C(N)N1CCN(C(=O)OC(C)(C)C)CC1.I. The molecule has 0 atom stereocenters. The minimum atomic E-state index is -0.489. The summed E-state index contributed by atoms with van der Waals surface area (Å²) in [5.74, 6) is 1.32. The summed E-state index contributed by atoms with van der Waals surface area (Å²) in [5.41, 5.74) is 6.72. The first-order valence-electron chi connectivity index (χ1n) is 10.0. The molecule has 0 radical (unpaired) electrons. The summed E-state index contributed by atoms with van der Waals surface area (Å²) in [6.07, 6.45) is -0.281. The molecule has 9 heteroatoms. The van der Waals surface area contributed by atoms with Crippen LogP contribution in [0, 0.1) is 0 Å². The lowest BCUT2D eigenvalue weighted by Gasteiger charge is -2.36. The van der Waals surface area contributed by atoms with E-state index in [0.29, 0.717) is 45.3 Å². The van der Waals surface area contributed by atoms with Crippen molar-refractivity contribution in [3.8, 4) is 5.75 Å². The van der Waals surface area contributed by atoms with Gasteiger partial charge in [0.2, 0.25) is 0 Å². The van der Waals surface area contributed by atoms with Gasteiger partial charge in [0.1, 0.15) is 18.0 Å². The number of carbonyl (C=O) groups is 1.